The smallest absolute Gasteiger partial charge is 0.303 e. The molecule has 0 saturated carbocycles. The molecule has 1 aromatic heterocycles. The highest BCUT2D eigenvalue weighted by atomic mass is 16.4. The molecule has 4 nitrogen and oxygen atoms in total. The monoisotopic (exact) mass is 273 g/mol. The number of hydrogen-bond acceptors (Lipinski definition) is 2. The Balaban J connectivity index is 2.45. The second-order valence-corrected chi connectivity index (χ2v) is 5.40. The van der Waals surface area contributed by atoms with E-state index in [0.29, 0.717) is 11.5 Å². The Bertz CT molecular complexity index is 668. The van der Waals surface area contributed by atoms with E-state index in [1.807, 2.05) is 19.1 Å². The van der Waals surface area contributed by atoms with Crippen molar-refractivity contribution >= 4 is 22.7 Å². The number of aliphatic carboxylic acids is 1. The van der Waals surface area contributed by atoms with E-state index >= 15 is 0 Å². The van der Waals surface area contributed by atoms with Gasteiger partial charge in [0.25, 0.3) is 0 Å². The van der Waals surface area contributed by atoms with Crippen molar-refractivity contribution in [1.82, 2.24) is 4.98 Å². The number of carboxylic acids is 1. The third-order valence-electron chi connectivity index (χ3n) is 3.52. The van der Waals surface area contributed by atoms with E-state index in [1.54, 1.807) is 0 Å². The van der Waals surface area contributed by atoms with E-state index in [0.717, 1.165) is 16.6 Å². The van der Waals surface area contributed by atoms with Crippen molar-refractivity contribution < 1.29 is 14.7 Å². The number of carbonyl (C=O) groups is 2. The summed E-state index contributed by atoms with van der Waals surface area (Å²) in [6.07, 6.45) is -0.0934. The number of fused-ring (bicyclic) bond motifs is 1. The maximum absolute atomic E-state index is 12.2. The predicted molar refractivity (Wildman–Crippen MR) is 78.3 cm³/mol. The average molecular weight is 273 g/mol. The summed E-state index contributed by atoms with van der Waals surface area (Å²) in [5, 5.41) is 9.59. The van der Waals surface area contributed by atoms with Gasteiger partial charge in [-0.05, 0) is 30.5 Å². The Hall–Kier alpha value is -2.10. The molecule has 2 N–H and O–H groups in total. The Labute approximate surface area is 117 Å². The van der Waals surface area contributed by atoms with Gasteiger partial charge in [0.05, 0.1) is 6.42 Å². The molecule has 20 heavy (non-hydrogen) atoms. The summed E-state index contributed by atoms with van der Waals surface area (Å²) in [4.78, 5) is 26.0. The number of carboxylic acid groups (broad SMARTS) is 1. The first kappa shape index (κ1) is 14.3. The van der Waals surface area contributed by atoms with Crippen LogP contribution in [0.25, 0.3) is 10.9 Å². The van der Waals surface area contributed by atoms with Gasteiger partial charge >= 0.3 is 5.97 Å². The molecule has 2 aromatic rings. The van der Waals surface area contributed by atoms with Crippen molar-refractivity contribution in [2.24, 2.45) is 0 Å². The van der Waals surface area contributed by atoms with E-state index in [-0.39, 0.29) is 18.6 Å². The molecule has 0 aliphatic rings. The highest BCUT2D eigenvalue weighted by Gasteiger charge is 2.17. The zero-order valence-electron chi connectivity index (χ0n) is 12.0. The molecule has 1 heterocycles. The standard InChI is InChI=1S/C16H19NO3/c1-9(2)11-4-5-13-12(8-11)16(10(3)17-13)14(18)6-7-15(19)20/h4-5,8-9,17H,6-7H2,1-3H3,(H,19,20). The summed E-state index contributed by atoms with van der Waals surface area (Å²) in [6.45, 7) is 6.06. The van der Waals surface area contributed by atoms with Crippen LogP contribution in [-0.2, 0) is 4.79 Å². The largest absolute Gasteiger partial charge is 0.481 e. The van der Waals surface area contributed by atoms with Crippen LogP contribution in [-0.4, -0.2) is 21.8 Å². The summed E-state index contributed by atoms with van der Waals surface area (Å²) in [7, 11) is 0. The Kier molecular flexibility index (Phi) is 3.93. The SMILES string of the molecule is Cc1[nH]c2ccc(C(C)C)cc2c1C(=O)CCC(=O)O. The van der Waals surface area contributed by atoms with E-state index in [2.05, 4.69) is 24.9 Å². The van der Waals surface area contributed by atoms with E-state index in [1.165, 1.54) is 5.56 Å². The summed E-state index contributed by atoms with van der Waals surface area (Å²) in [6, 6.07) is 6.05. The number of nitrogens with one attached hydrogen (secondary N) is 1. The van der Waals surface area contributed by atoms with E-state index in [4.69, 9.17) is 5.11 Å². The lowest BCUT2D eigenvalue weighted by molar-refractivity contribution is -0.136. The van der Waals surface area contributed by atoms with Gasteiger partial charge in [0, 0.05) is 28.6 Å². The molecule has 0 fully saturated rings. The van der Waals surface area contributed by atoms with Crippen molar-refractivity contribution in [3.05, 3.63) is 35.0 Å². The van der Waals surface area contributed by atoms with Crippen LogP contribution in [0.3, 0.4) is 0 Å². The molecular formula is C16H19NO3. The molecule has 0 aliphatic carbocycles. The quantitative estimate of drug-likeness (QED) is 0.817. The molecular weight excluding hydrogens is 254 g/mol. The number of aromatic amines is 1. The van der Waals surface area contributed by atoms with Crippen LogP contribution in [0.5, 0.6) is 0 Å². The lowest BCUT2D eigenvalue weighted by atomic mass is 9.97. The number of carbonyl (C=O) groups excluding carboxylic acids is 1. The van der Waals surface area contributed by atoms with Gasteiger partial charge in [-0.15, -0.1) is 0 Å². The molecule has 0 spiro atoms. The highest BCUT2D eigenvalue weighted by Crippen LogP contribution is 2.27. The molecule has 0 saturated heterocycles. The Morgan fingerprint density at radius 3 is 2.55 bits per heavy atom. The number of hydrogen-bond donors (Lipinski definition) is 2. The lowest BCUT2D eigenvalue weighted by Gasteiger charge is -2.06. The number of H-pyrrole nitrogens is 1. The van der Waals surface area contributed by atoms with Gasteiger partial charge in [-0.3, -0.25) is 9.59 Å². The van der Waals surface area contributed by atoms with Crippen LogP contribution >= 0.6 is 0 Å². The summed E-state index contributed by atoms with van der Waals surface area (Å²) < 4.78 is 0. The van der Waals surface area contributed by atoms with E-state index < -0.39 is 5.97 Å². The summed E-state index contributed by atoms with van der Waals surface area (Å²) in [5.41, 5.74) is 3.52. The maximum atomic E-state index is 12.2. The van der Waals surface area contributed by atoms with Gasteiger partial charge in [0.2, 0.25) is 0 Å². The molecule has 0 amide bonds. The maximum Gasteiger partial charge on any atom is 0.303 e. The number of aryl methyl sites for hydroxylation is 1. The Morgan fingerprint density at radius 1 is 1.25 bits per heavy atom. The molecule has 106 valence electrons. The Morgan fingerprint density at radius 2 is 1.95 bits per heavy atom. The molecule has 0 atom stereocenters. The normalized spacial score (nSPS) is 11.2. The van der Waals surface area contributed by atoms with Crippen molar-refractivity contribution in [3.8, 4) is 0 Å². The lowest BCUT2D eigenvalue weighted by Crippen LogP contribution is -2.04. The highest BCUT2D eigenvalue weighted by molar-refractivity contribution is 6.09. The third-order valence-corrected chi connectivity index (χ3v) is 3.52. The molecule has 4 heteroatoms. The first-order chi connectivity index (χ1) is 9.40. The topological polar surface area (TPSA) is 70.2 Å². The molecule has 0 unspecified atom stereocenters. The fourth-order valence-electron chi connectivity index (χ4n) is 2.41. The number of ketones is 1. The van der Waals surface area contributed by atoms with Crippen molar-refractivity contribution in [2.75, 3.05) is 0 Å². The number of Topliss-reactive ketones (excluding diaryl/α,β-unsaturated/α-hetero) is 1. The van der Waals surface area contributed by atoms with Gasteiger partial charge in [-0.2, -0.15) is 0 Å². The van der Waals surface area contributed by atoms with Crippen LogP contribution in [0.4, 0.5) is 0 Å². The summed E-state index contributed by atoms with van der Waals surface area (Å²) >= 11 is 0. The average Bonchev–Trinajstić information content (AvgIpc) is 2.70. The number of rotatable bonds is 5. The first-order valence-electron chi connectivity index (χ1n) is 6.77. The van der Waals surface area contributed by atoms with Crippen molar-refractivity contribution in [2.45, 2.75) is 39.5 Å². The van der Waals surface area contributed by atoms with Crippen molar-refractivity contribution in [3.63, 3.8) is 0 Å². The van der Waals surface area contributed by atoms with Gasteiger partial charge < -0.3 is 10.1 Å². The van der Waals surface area contributed by atoms with Gasteiger partial charge in [-0.25, -0.2) is 0 Å². The van der Waals surface area contributed by atoms with Crippen LogP contribution in [0, 0.1) is 6.92 Å². The zero-order valence-corrected chi connectivity index (χ0v) is 12.0. The second-order valence-electron chi connectivity index (χ2n) is 5.40. The molecule has 0 bridgehead atoms. The molecule has 2 rings (SSSR count). The van der Waals surface area contributed by atoms with Gasteiger partial charge in [-0.1, -0.05) is 19.9 Å². The molecule has 0 radical (unpaired) electrons. The van der Waals surface area contributed by atoms with Crippen LogP contribution in [0.1, 0.15) is 54.2 Å². The number of aromatic nitrogens is 1. The number of benzene rings is 1. The van der Waals surface area contributed by atoms with Crippen LogP contribution < -0.4 is 0 Å². The summed E-state index contributed by atoms with van der Waals surface area (Å²) in [5.74, 6) is -0.674. The zero-order chi connectivity index (χ0) is 14.9. The van der Waals surface area contributed by atoms with Gasteiger partial charge in [0.15, 0.2) is 5.78 Å². The van der Waals surface area contributed by atoms with Crippen LogP contribution in [0.2, 0.25) is 0 Å². The molecule has 1 aromatic carbocycles. The predicted octanol–water partition coefficient (Wildman–Crippen LogP) is 3.65. The first-order valence-corrected chi connectivity index (χ1v) is 6.77. The minimum Gasteiger partial charge on any atom is -0.481 e. The minimum absolute atomic E-state index is 0.0367. The third kappa shape index (κ3) is 2.74. The fraction of sp³-hybridized carbons (Fsp3) is 0.375. The van der Waals surface area contributed by atoms with E-state index in [9.17, 15) is 9.59 Å². The molecule has 0 aliphatic heterocycles. The minimum atomic E-state index is -0.946. The van der Waals surface area contributed by atoms with Crippen LogP contribution in [0.15, 0.2) is 18.2 Å². The van der Waals surface area contributed by atoms with Gasteiger partial charge in [0.1, 0.15) is 0 Å². The fourth-order valence-corrected chi connectivity index (χ4v) is 2.41. The second kappa shape index (κ2) is 5.49. The van der Waals surface area contributed by atoms with Crippen molar-refractivity contribution in [1.29, 1.82) is 0 Å².